The van der Waals surface area contributed by atoms with Crippen LogP contribution in [0.4, 0.5) is 0 Å². The molecule has 0 bridgehead atoms. The molecular weight excluding hydrogens is 134 g/mol. The lowest BCUT2D eigenvalue weighted by Crippen LogP contribution is -2.42. The Labute approximate surface area is 60.5 Å². The van der Waals surface area contributed by atoms with Gasteiger partial charge in [0, 0.05) is 6.61 Å². The number of hydroxylamine groups is 1. The number of hydrogen-bond acceptors (Lipinski definition) is 4. The highest BCUT2D eigenvalue weighted by Gasteiger charge is 2.21. The van der Waals surface area contributed by atoms with E-state index in [4.69, 9.17) is 10.3 Å². The lowest BCUT2D eigenvalue weighted by molar-refractivity contribution is -0.103. The molecule has 0 saturated carbocycles. The summed E-state index contributed by atoms with van der Waals surface area (Å²) in [6.07, 6.45) is 1.26. The maximum Gasteiger partial charge on any atom is 0.137 e. The first kappa shape index (κ1) is 9.84. The monoisotopic (exact) mass is 149 g/mol. The predicted molar refractivity (Wildman–Crippen MR) is 36.5 cm³/mol. The van der Waals surface area contributed by atoms with Gasteiger partial charge in [-0.2, -0.15) is 5.48 Å². The summed E-state index contributed by atoms with van der Waals surface area (Å²) in [6.45, 7) is 1.78. The van der Waals surface area contributed by atoms with E-state index in [0.29, 0.717) is 19.3 Å². The molecule has 4 N–H and O–H groups in total. The van der Waals surface area contributed by atoms with Gasteiger partial charge in [0.2, 0.25) is 0 Å². The maximum absolute atomic E-state index is 9.29. The molecule has 0 aliphatic heterocycles. The molecule has 0 radical (unpaired) electrons. The molecule has 0 saturated heterocycles. The van der Waals surface area contributed by atoms with Gasteiger partial charge in [-0.05, 0) is 19.3 Å². The Morgan fingerprint density at radius 2 is 2.10 bits per heavy atom. The first-order valence-corrected chi connectivity index (χ1v) is 3.43. The van der Waals surface area contributed by atoms with Gasteiger partial charge in [-0.1, -0.05) is 6.92 Å². The van der Waals surface area contributed by atoms with Gasteiger partial charge in [0.15, 0.2) is 0 Å². The van der Waals surface area contributed by atoms with Crippen LogP contribution < -0.4 is 5.48 Å². The van der Waals surface area contributed by atoms with E-state index in [9.17, 15) is 5.11 Å². The highest BCUT2D eigenvalue weighted by Crippen LogP contribution is 2.11. The third kappa shape index (κ3) is 3.12. The van der Waals surface area contributed by atoms with Crippen LogP contribution in [-0.4, -0.2) is 27.8 Å². The number of aliphatic hydroxyl groups excluding tert-OH is 1. The van der Waals surface area contributed by atoms with Gasteiger partial charge in [-0.3, -0.25) is 0 Å². The van der Waals surface area contributed by atoms with E-state index >= 15 is 0 Å². The third-order valence-corrected chi connectivity index (χ3v) is 1.54. The second-order valence-electron chi connectivity index (χ2n) is 2.32. The SMILES string of the molecule is CCC(O)(CCCO)NO. The van der Waals surface area contributed by atoms with E-state index in [1.54, 1.807) is 6.92 Å². The van der Waals surface area contributed by atoms with E-state index in [1.165, 1.54) is 0 Å². The summed E-state index contributed by atoms with van der Waals surface area (Å²) in [5.41, 5.74) is 0.588. The van der Waals surface area contributed by atoms with E-state index in [2.05, 4.69) is 0 Å². The van der Waals surface area contributed by atoms with Gasteiger partial charge in [0.25, 0.3) is 0 Å². The summed E-state index contributed by atoms with van der Waals surface area (Å²) >= 11 is 0. The summed E-state index contributed by atoms with van der Waals surface area (Å²) in [4.78, 5) is 0. The largest absolute Gasteiger partial charge is 0.396 e. The smallest absolute Gasteiger partial charge is 0.137 e. The van der Waals surface area contributed by atoms with Crippen molar-refractivity contribution in [3.63, 3.8) is 0 Å². The van der Waals surface area contributed by atoms with Crippen molar-refractivity contribution in [3.8, 4) is 0 Å². The van der Waals surface area contributed by atoms with Crippen LogP contribution in [0.15, 0.2) is 0 Å². The first-order chi connectivity index (χ1) is 4.68. The zero-order valence-electron chi connectivity index (χ0n) is 6.17. The maximum atomic E-state index is 9.29. The van der Waals surface area contributed by atoms with E-state index < -0.39 is 5.72 Å². The Hall–Kier alpha value is -0.160. The molecule has 0 spiro atoms. The second kappa shape index (κ2) is 4.62. The Morgan fingerprint density at radius 3 is 2.40 bits per heavy atom. The highest BCUT2D eigenvalue weighted by molar-refractivity contribution is 4.68. The summed E-state index contributed by atoms with van der Waals surface area (Å²) in [7, 11) is 0. The Morgan fingerprint density at radius 1 is 1.50 bits per heavy atom. The summed E-state index contributed by atoms with van der Waals surface area (Å²) in [5.74, 6) is 0. The quantitative estimate of drug-likeness (QED) is 0.323. The Balaban J connectivity index is 3.58. The van der Waals surface area contributed by atoms with Crippen molar-refractivity contribution in [2.75, 3.05) is 6.61 Å². The van der Waals surface area contributed by atoms with Crippen molar-refractivity contribution in [1.29, 1.82) is 0 Å². The van der Waals surface area contributed by atoms with Crippen molar-refractivity contribution in [2.45, 2.75) is 31.9 Å². The first-order valence-electron chi connectivity index (χ1n) is 3.43. The van der Waals surface area contributed by atoms with Gasteiger partial charge >= 0.3 is 0 Å². The molecular formula is C6H15NO3. The van der Waals surface area contributed by atoms with Crippen molar-refractivity contribution >= 4 is 0 Å². The van der Waals surface area contributed by atoms with Crippen LogP contribution in [0, 0.1) is 0 Å². The Kier molecular flexibility index (Phi) is 4.55. The van der Waals surface area contributed by atoms with Crippen molar-refractivity contribution in [3.05, 3.63) is 0 Å². The minimum absolute atomic E-state index is 0.0317. The number of hydrogen-bond donors (Lipinski definition) is 4. The molecule has 1 atom stereocenters. The van der Waals surface area contributed by atoms with Crippen LogP contribution in [-0.2, 0) is 0 Å². The molecule has 0 rings (SSSR count). The molecule has 0 aliphatic rings. The summed E-state index contributed by atoms with van der Waals surface area (Å²) in [6, 6.07) is 0. The van der Waals surface area contributed by atoms with Gasteiger partial charge in [-0.15, -0.1) is 0 Å². The van der Waals surface area contributed by atoms with Crippen molar-refractivity contribution in [2.24, 2.45) is 0 Å². The van der Waals surface area contributed by atoms with Crippen molar-refractivity contribution in [1.82, 2.24) is 5.48 Å². The zero-order chi connectivity index (χ0) is 8.04. The average Bonchev–Trinajstić information content (AvgIpc) is 2.00. The fourth-order valence-corrected chi connectivity index (χ4v) is 0.683. The fourth-order valence-electron chi connectivity index (χ4n) is 0.683. The van der Waals surface area contributed by atoms with Gasteiger partial charge in [-0.25, -0.2) is 0 Å². The number of nitrogens with one attached hydrogen (secondary N) is 1. The second-order valence-corrected chi connectivity index (χ2v) is 2.32. The zero-order valence-corrected chi connectivity index (χ0v) is 6.17. The van der Waals surface area contributed by atoms with Crippen LogP contribution >= 0.6 is 0 Å². The highest BCUT2D eigenvalue weighted by atomic mass is 16.5. The molecule has 62 valence electrons. The fraction of sp³-hybridized carbons (Fsp3) is 1.00. The molecule has 10 heavy (non-hydrogen) atoms. The van der Waals surface area contributed by atoms with Gasteiger partial charge < -0.3 is 15.4 Å². The standard InChI is InChI=1S/C6H15NO3/c1-2-6(9,7-10)4-3-5-8/h7-10H,2-5H2,1H3. The van der Waals surface area contributed by atoms with Gasteiger partial charge in [0.1, 0.15) is 5.72 Å². The summed E-state index contributed by atoms with van der Waals surface area (Å²) < 4.78 is 0. The molecule has 1 unspecified atom stereocenters. The molecule has 4 heteroatoms. The minimum Gasteiger partial charge on any atom is -0.396 e. The normalized spacial score (nSPS) is 16.8. The lowest BCUT2D eigenvalue weighted by Gasteiger charge is -2.23. The number of aliphatic hydroxyl groups is 2. The predicted octanol–water partition coefficient (Wildman–Crippen LogP) is -0.164. The molecule has 0 aromatic carbocycles. The van der Waals surface area contributed by atoms with Crippen LogP contribution in [0.3, 0.4) is 0 Å². The van der Waals surface area contributed by atoms with E-state index in [0.717, 1.165) is 0 Å². The molecule has 0 amide bonds. The van der Waals surface area contributed by atoms with Crippen molar-refractivity contribution < 1.29 is 15.4 Å². The molecule has 0 aromatic rings. The lowest BCUT2D eigenvalue weighted by atomic mass is 10.1. The number of rotatable bonds is 5. The van der Waals surface area contributed by atoms with E-state index in [1.807, 2.05) is 5.48 Å². The van der Waals surface area contributed by atoms with Crippen LogP contribution in [0.2, 0.25) is 0 Å². The Bertz CT molecular complexity index is 83.1. The summed E-state index contributed by atoms with van der Waals surface area (Å²) in [5, 5.41) is 26.1. The average molecular weight is 149 g/mol. The molecule has 0 heterocycles. The molecule has 0 aromatic heterocycles. The van der Waals surface area contributed by atoms with Gasteiger partial charge in [0.05, 0.1) is 0 Å². The minimum atomic E-state index is -1.22. The van der Waals surface area contributed by atoms with Crippen LogP contribution in [0.5, 0.6) is 0 Å². The molecule has 4 nitrogen and oxygen atoms in total. The van der Waals surface area contributed by atoms with Crippen LogP contribution in [0.25, 0.3) is 0 Å². The van der Waals surface area contributed by atoms with Crippen LogP contribution in [0.1, 0.15) is 26.2 Å². The topological polar surface area (TPSA) is 72.7 Å². The molecule has 0 aliphatic carbocycles. The third-order valence-electron chi connectivity index (χ3n) is 1.54. The van der Waals surface area contributed by atoms with E-state index in [-0.39, 0.29) is 6.61 Å². The molecule has 0 fully saturated rings.